The van der Waals surface area contributed by atoms with E-state index < -0.39 is 15.9 Å². The van der Waals surface area contributed by atoms with Gasteiger partial charge in [0, 0.05) is 24.5 Å². The SMILES string of the molecule is Cc1cc(NC(=O)c2cc(S(=O)(=O)N3CCOCC3)cs2)no1. The van der Waals surface area contributed by atoms with Gasteiger partial charge in [0.15, 0.2) is 5.82 Å². The van der Waals surface area contributed by atoms with Crippen LogP contribution < -0.4 is 5.32 Å². The molecule has 124 valence electrons. The van der Waals surface area contributed by atoms with E-state index in [0.29, 0.717) is 37.9 Å². The Labute approximate surface area is 137 Å². The summed E-state index contributed by atoms with van der Waals surface area (Å²) >= 11 is 1.07. The molecule has 3 rings (SSSR count). The second-order valence-electron chi connectivity index (χ2n) is 4.94. The van der Waals surface area contributed by atoms with Crippen molar-refractivity contribution in [2.45, 2.75) is 11.8 Å². The van der Waals surface area contributed by atoms with Gasteiger partial charge in [0.05, 0.1) is 23.0 Å². The number of aromatic nitrogens is 1. The molecule has 0 aromatic carbocycles. The average molecular weight is 357 g/mol. The number of nitrogens with zero attached hydrogens (tertiary/aromatic N) is 2. The van der Waals surface area contributed by atoms with Crippen molar-refractivity contribution in [1.82, 2.24) is 9.46 Å². The molecule has 0 atom stereocenters. The van der Waals surface area contributed by atoms with Gasteiger partial charge in [-0.2, -0.15) is 4.31 Å². The van der Waals surface area contributed by atoms with Crippen molar-refractivity contribution in [3.63, 3.8) is 0 Å². The second-order valence-corrected chi connectivity index (χ2v) is 7.79. The molecule has 1 aliphatic heterocycles. The highest BCUT2D eigenvalue weighted by molar-refractivity contribution is 7.89. The zero-order valence-corrected chi connectivity index (χ0v) is 13.9. The summed E-state index contributed by atoms with van der Waals surface area (Å²) in [5.41, 5.74) is 0. The van der Waals surface area contributed by atoms with Crippen LogP contribution in [0.4, 0.5) is 5.82 Å². The number of aryl methyl sites for hydroxylation is 1. The number of carbonyl (C=O) groups is 1. The first-order valence-electron chi connectivity index (χ1n) is 6.88. The number of hydrogen-bond donors (Lipinski definition) is 1. The molecule has 23 heavy (non-hydrogen) atoms. The van der Waals surface area contributed by atoms with Crippen molar-refractivity contribution in [3.8, 4) is 0 Å². The molecule has 1 fully saturated rings. The van der Waals surface area contributed by atoms with E-state index in [1.54, 1.807) is 13.0 Å². The van der Waals surface area contributed by atoms with Gasteiger partial charge >= 0.3 is 0 Å². The van der Waals surface area contributed by atoms with Crippen LogP contribution in [0.1, 0.15) is 15.4 Å². The van der Waals surface area contributed by atoms with Crippen molar-refractivity contribution in [2.75, 3.05) is 31.6 Å². The Balaban J connectivity index is 1.75. The molecule has 1 saturated heterocycles. The number of sulfonamides is 1. The van der Waals surface area contributed by atoms with Crippen LogP contribution in [0.5, 0.6) is 0 Å². The third-order valence-corrected chi connectivity index (χ3v) is 6.23. The fourth-order valence-corrected chi connectivity index (χ4v) is 4.68. The molecule has 0 unspecified atom stereocenters. The average Bonchev–Trinajstić information content (AvgIpc) is 3.18. The first-order valence-corrected chi connectivity index (χ1v) is 9.20. The van der Waals surface area contributed by atoms with E-state index in [0.717, 1.165) is 11.3 Å². The summed E-state index contributed by atoms with van der Waals surface area (Å²) < 4.78 is 36.4. The summed E-state index contributed by atoms with van der Waals surface area (Å²) in [6.45, 7) is 3.10. The van der Waals surface area contributed by atoms with Gasteiger partial charge < -0.3 is 14.6 Å². The van der Waals surface area contributed by atoms with E-state index in [2.05, 4.69) is 10.5 Å². The second kappa shape index (κ2) is 6.40. The van der Waals surface area contributed by atoms with Crippen LogP contribution in [0.25, 0.3) is 0 Å². The van der Waals surface area contributed by atoms with Crippen LogP contribution in [0, 0.1) is 6.92 Å². The number of nitrogens with one attached hydrogen (secondary N) is 1. The third-order valence-electron chi connectivity index (χ3n) is 3.28. The van der Waals surface area contributed by atoms with Crippen molar-refractivity contribution >= 4 is 33.1 Å². The molecule has 0 spiro atoms. The third kappa shape index (κ3) is 3.44. The predicted molar refractivity (Wildman–Crippen MR) is 83.1 cm³/mol. The van der Waals surface area contributed by atoms with E-state index >= 15 is 0 Å². The molecule has 2 aromatic rings. The number of rotatable bonds is 4. The van der Waals surface area contributed by atoms with E-state index in [9.17, 15) is 13.2 Å². The monoisotopic (exact) mass is 357 g/mol. The molecule has 0 aliphatic carbocycles. The quantitative estimate of drug-likeness (QED) is 0.885. The Morgan fingerprint density at radius 2 is 2.09 bits per heavy atom. The summed E-state index contributed by atoms with van der Waals surface area (Å²) in [5.74, 6) is 0.437. The molecule has 10 heteroatoms. The van der Waals surface area contributed by atoms with E-state index in [4.69, 9.17) is 9.26 Å². The minimum absolute atomic E-state index is 0.117. The number of amides is 1. The zero-order valence-electron chi connectivity index (χ0n) is 12.3. The molecule has 3 heterocycles. The molecule has 1 N–H and O–H groups in total. The Morgan fingerprint density at radius 3 is 2.74 bits per heavy atom. The molecular formula is C13H15N3O5S2. The molecule has 0 bridgehead atoms. The Hall–Kier alpha value is -1.75. The van der Waals surface area contributed by atoms with Crippen LogP contribution in [0.3, 0.4) is 0 Å². The topological polar surface area (TPSA) is 102 Å². The van der Waals surface area contributed by atoms with Gasteiger partial charge in [-0.15, -0.1) is 11.3 Å². The lowest BCUT2D eigenvalue weighted by atomic mass is 10.4. The van der Waals surface area contributed by atoms with Crippen LogP contribution in [0.2, 0.25) is 0 Å². The van der Waals surface area contributed by atoms with Gasteiger partial charge in [-0.25, -0.2) is 8.42 Å². The van der Waals surface area contributed by atoms with Crippen LogP contribution in [0.15, 0.2) is 26.9 Å². The molecule has 2 aromatic heterocycles. The molecule has 1 aliphatic rings. The highest BCUT2D eigenvalue weighted by Crippen LogP contribution is 2.24. The van der Waals surface area contributed by atoms with E-state index in [-0.39, 0.29) is 9.77 Å². The highest BCUT2D eigenvalue weighted by atomic mass is 32.2. The number of hydrogen-bond acceptors (Lipinski definition) is 7. The largest absolute Gasteiger partial charge is 0.379 e. The molecular weight excluding hydrogens is 342 g/mol. The Kier molecular flexibility index (Phi) is 4.48. The number of thiophene rings is 1. The maximum absolute atomic E-state index is 12.5. The van der Waals surface area contributed by atoms with Gasteiger partial charge in [0.2, 0.25) is 10.0 Å². The molecule has 1 amide bonds. The highest BCUT2D eigenvalue weighted by Gasteiger charge is 2.28. The minimum atomic E-state index is -3.59. The minimum Gasteiger partial charge on any atom is -0.379 e. The molecule has 0 radical (unpaired) electrons. The van der Waals surface area contributed by atoms with Gasteiger partial charge in [-0.05, 0) is 13.0 Å². The lowest BCUT2D eigenvalue weighted by Gasteiger charge is -2.25. The van der Waals surface area contributed by atoms with E-state index in [1.165, 1.54) is 15.8 Å². The van der Waals surface area contributed by atoms with Crippen molar-refractivity contribution in [3.05, 3.63) is 28.2 Å². The Bertz CT molecular complexity index is 805. The van der Waals surface area contributed by atoms with Crippen molar-refractivity contribution in [1.29, 1.82) is 0 Å². The fraction of sp³-hybridized carbons (Fsp3) is 0.385. The number of carbonyl (C=O) groups excluding carboxylic acids is 1. The first kappa shape index (κ1) is 16.1. The predicted octanol–water partition coefficient (Wildman–Crippen LogP) is 1.32. The van der Waals surface area contributed by atoms with Crippen LogP contribution >= 0.6 is 11.3 Å². The van der Waals surface area contributed by atoms with Crippen molar-refractivity contribution in [2.24, 2.45) is 0 Å². The summed E-state index contributed by atoms with van der Waals surface area (Å²) in [7, 11) is -3.59. The van der Waals surface area contributed by atoms with Gasteiger partial charge in [0.25, 0.3) is 5.91 Å². The summed E-state index contributed by atoms with van der Waals surface area (Å²) in [6.07, 6.45) is 0. The standard InChI is InChI=1S/C13H15N3O5S2/c1-9-6-12(15-21-9)14-13(17)11-7-10(8-22-11)23(18,19)16-2-4-20-5-3-16/h6-8H,2-5H2,1H3,(H,14,15,17). The maximum atomic E-state index is 12.5. The van der Waals surface area contributed by atoms with Gasteiger partial charge in [-0.1, -0.05) is 5.16 Å². The summed E-state index contributed by atoms with van der Waals surface area (Å²) in [4.78, 5) is 12.5. The first-order chi connectivity index (χ1) is 11.0. The summed E-state index contributed by atoms with van der Waals surface area (Å²) in [6, 6.07) is 2.95. The maximum Gasteiger partial charge on any atom is 0.267 e. The number of anilines is 1. The van der Waals surface area contributed by atoms with Crippen molar-refractivity contribution < 1.29 is 22.5 Å². The molecule has 8 nitrogen and oxygen atoms in total. The lowest BCUT2D eigenvalue weighted by Crippen LogP contribution is -2.40. The lowest BCUT2D eigenvalue weighted by molar-refractivity contribution is 0.0730. The normalized spacial score (nSPS) is 16.4. The number of ether oxygens (including phenoxy) is 1. The van der Waals surface area contributed by atoms with E-state index in [1.807, 2.05) is 0 Å². The van der Waals surface area contributed by atoms with Gasteiger partial charge in [0.1, 0.15) is 5.76 Å². The van der Waals surface area contributed by atoms with Crippen LogP contribution in [-0.2, 0) is 14.8 Å². The number of morpholine rings is 1. The zero-order chi connectivity index (χ0) is 16.4. The molecule has 0 saturated carbocycles. The smallest absolute Gasteiger partial charge is 0.267 e. The van der Waals surface area contributed by atoms with Crippen LogP contribution in [-0.4, -0.2) is 50.1 Å². The Morgan fingerprint density at radius 1 is 1.35 bits per heavy atom. The fourth-order valence-electron chi connectivity index (χ4n) is 2.11. The summed E-state index contributed by atoms with van der Waals surface area (Å²) in [5, 5.41) is 7.70. The van der Waals surface area contributed by atoms with Gasteiger partial charge in [-0.3, -0.25) is 4.79 Å².